The Kier molecular flexibility index (Phi) is 5.16. The van der Waals surface area contributed by atoms with Crippen LogP contribution in [0.1, 0.15) is 36.7 Å². The normalized spacial score (nSPS) is 10.9. The van der Waals surface area contributed by atoms with Gasteiger partial charge in [-0.3, -0.25) is 9.59 Å². The summed E-state index contributed by atoms with van der Waals surface area (Å²) in [6.07, 6.45) is 0.743. The van der Waals surface area contributed by atoms with E-state index in [0.717, 1.165) is 17.5 Å². The molecule has 0 atom stereocenters. The van der Waals surface area contributed by atoms with Crippen molar-refractivity contribution in [3.63, 3.8) is 0 Å². The molecule has 0 aliphatic carbocycles. The van der Waals surface area contributed by atoms with Crippen molar-refractivity contribution in [1.29, 1.82) is 0 Å². The third-order valence-corrected chi connectivity index (χ3v) is 3.37. The summed E-state index contributed by atoms with van der Waals surface area (Å²) in [7, 11) is 0. The van der Waals surface area contributed by atoms with E-state index in [1.165, 1.54) is 0 Å². The van der Waals surface area contributed by atoms with Crippen molar-refractivity contribution in [2.24, 2.45) is 0 Å². The van der Waals surface area contributed by atoms with E-state index in [2.05, 4.69) is 26.1 Å². The lowest BCUT2D eigenvalue weighted by molar-refractivity contribution is -0.118. The van der Waals surface area contributed by atoms with Crippen LogP contribution in [0.15, 0.2) is 48.5 Å². The third-order valence-electron chi connectivity index (χ3n) is 3.37. The lowest BCUT2D eigenvalue weighted by Crippen LogP contribution is -2.23. The molecular formula is C19H21NO3. The highest BCUT2D eigenvalue weighted by atomic mass is 16.5. The van der Waals surface area contributed by atoms with E-state index < -0.39 is 0 Å². The minimum atomic E-state index is -0.238. The first kappa shape index (κ1) is 16.7. The Hall–Kier alpha value is -2.62. The van der Waals surface area contributed by atoms with Crippen molar-refractivity contribution in [3.05, 3.63) is 59.7 Å². The minimum absolute atomic E-state index is 0.0664. The van der Waals surface area contributed by atoms with Gasteiger partial charge >= 0.3 is 0 Å². The third kappa shape index (κ3) is 4.68. The Morgan fingerprint density at radius 1 is 1.13 bits per heavy atom. The zero-order valence-electron chi connectivity index (χ0n) is 13.6. The van der Waals surface area contributed by atoms with Gasteiger partial charge in [0.2, 0.25) is 0 Å². The number of hydrogen-bond donors (Lipinski definition) is 1. The van der Waals surface area contributed by atoms with Gasteiger partial charge in [-0.25, -0.2) is 0 Å². The number of nitrogens with one attached hydrogen (secondary N) is 1. The van der Waals surface area contributed by atoms with Crippen molar-refractivity contribution in [3.8, 4) is 5.75 Å². The van der Waals surface area contributed by atoms with E-state index in [9.17, 15) is 9.59 Å². The van der Waals surface area contributed by atoms with E-state index >= 15 is 0 Å². The maximum Gasteiger partial charge on any atom is 0.262 e. The Bertz CT molecular complexity index is 702. The quantitative estimate of drug-likeness (QED) is 0.854. The standard InChI is InChI=1S/C19H21NO3/c1-19(2,3)16-9-4-5-10-17(16)20-18(22)13-23-15-8-6-7-14(11-15)12-21/h4-12H,13H2,1-3H3,(H,20,22). The molecule has 0 saturated carbocycles. The highest BCUT2D eigenvalue weighted by Crippen LogP contribution is 2.29. The maximum atomic E-state index is 12.1. The van der Waals surface area contributed by atoms with Crippen LogP contribution in [0.25, 0.3) is 0 Å². The van der Waals surface area contributed by atoms with Gasteiger partial charge in [0.25, 0.3) is 5.91 Å². The summed E-state index contributed by atoms with van der Waals surface area (Å²) in [5.74, 6) is 0.257. The molecule has 0 aromatic heterocycles. The molecule has 0 radical (unpaired) electrons. The summed E-state index contributed by atoms with van der Waals surface area (Å²) in [5, 5.41) is 2.88. The van der Waals surface area contributed by atoms with Gasteiger partial charge in [-0.2, -0.15) is 0 Å². The number of carbonyl (C=O) groups is 2. The Balaban J connectivity index is 2.02. The second-order valence-corrected chi connectivity index (χ2v) is 6.32. The second-order valence-electron chi connectivity index (χ2n) is 6.32. The topological polar surface area (TPSA) is 55.4 Å². The Morgan fingerprint density at radius 2 is 1.87 bits per heavy atom. The van der Waals surface area contributed by atoms with Gasteiger partial charge in [0.05, 0.1) is 0 Å². The zero-order valence-corrected chi connectivity index (χ0v) is 13.6. The highest BCUT2D eigenvalue weighted by molar-refractivity contribution is 5.92. The Labute approximate surface area is 136 Å². The molecule has 4 nitrogen and oxygen atoms in total. The van der Waals surface area contributed by atoms with E-state index in [1.807, 2.05) is 24.3 Å². The summed E-state index contributed by atoms with van der Waals surface area (Å²) in [6.45, 7) is 6.18. The van der Waals surface area contributed by atoms with Crippen LogP contribution in [0, 0.1) is 0 Å². The van der Waals surface area contributed by atoms with E-state index in [0.29, 0.717) is 11.3 Å². The van der Waals surface area contributed by atoms with E-state index in [-0.39, 0.29) is 17.9 Å². The fourth-order valence-corrected chi connectivity index (χ4v) is 2.26. The molecule has 0 aliphatic rings. The molecule has 0 spiro atoms. The molecule has 0 saturated heterocycles. The monoisotopic (exact) mass is 311 g/mol. The molecule has 2 rings (SSSR count). The average molecular weight is 311 g/mol. The Morgan fingerprint density at radius 3 is 2.57 bits per heavy atom. The van der Waals surface area contributed by atoms with Gasteiger partial charge < -0.3 is 10.1 Å². The minimum Gasteiger partial charge on any atom is -0.484 e. The van der Waals surface area contributed by atoms with Crippen molar-refractivity contribution in [2.75, 3.05) is 11.9 Å². The van der Waals surface area contributed by atoms with Crippen LogP contribution in [0.5, 0.6) is 5.75 Å². The molecule has 1 amide bonds. The van der Waals surface area contributed by atoms with Crippen molar-refractivity contribution >= 4 is 17.9 Å². The van der Waals surface area contributed by atoms with Crippen molar-refractivity contribution in [2.45, 2.75) is 26.2 Å². The summed E-state index contributed by atoms with van der Waals surface area (Å²) in [6, 6.07) is 14.4. The number of para-hydroxylation sites is 1. The van der Waals surface area contributed by atoms with Crippen LogP contribution in [0.3, 0.4) is 0 Å². The number of aldehydes is 1. The van der Waals surface area contributed by atoms with Gasteiger partial charge in [-0.05, 0) is 29.2 Å². The fraction of sp³-hybridized carbons (Fsp3) is 0.263. The number of ether oxygens (including phenoxy) is 1. The van der Waals surface area contributed by atoms with Crippen LogP contribution in [-0.4, -0.2) is 18.8 Å². The molecule has 0 heterocycles. The van der Waals surface area contributed by atoms with Gasteiger partial charge in [-0.15, -0.1) is 0 Å². The van der Waals surface area contributed by atoms with Crippen LogP contribution >= 0.6 is 0 Å². The molecule has 2 aromatic carbocycles. The zero-order chi connectivity index (χ0) is 16.9. The van der Waals surface area contributed by atoms with Crippen LogP contribution in [0.2, 0.25) is 0 Å². The lowest BCUT2D eigenvalue weighted by atomic mass is 9.86. The smallest absolute Gasteiger partial charge is 0.262 e. The van der Waals surface area contributed by atoms with Crippen molar-refractivity contribution in [1.82, 2.24) is 0 Å². The van der Waals surface area contributed by atoms with Crippen molar-refractivity contribution < 1.29 is 14.3 Å². The second kappa shape index (κ2) is 7.09. The highest BCUT2D eigenvalue weighted by Gasteiger charge is 2.18. The molecule has 2 aromatic rings. The summed E-state index contributed by atoms with van der Waals surface area (Å²) < 4.78 is 5.44. The molecule has 0 bridgehead atoms. The molecule has 1 N–H and O–H groups in total. The number of hydrogen-bond acceptors (Lipinski definition) is 3. The molecule has 0 fully saturated rings. The molecule has 0 aliphatic heterocycles. The van der Waals surface area contributed by atoms with Crippen LogP contribution < -0.4 is 10.1 Å². The lowest BCUT2D eigenvalue weighted by Gasteiger charge is -2.23. The maximum absolute atomic E-state index is 12.1. The van der Waals surface area contributed by atoms with Gasteiger partial charge in [0, 0.05) is 11.3 Å². The molecule has 4 heteroatoms. The number of amides is 1. The van der Waals surface area contributed by atoms with Gasteiger partial charge in [0.15, 0.2) is 6.61 Å². The summed E-state index contributed by atoms with van der Waals surface area (Å²) in [4.78, 5) is 22.8. The number of rotatable bonds is 5. The summed E-state index contributed by atoms with van der Waals surface area (Å²) >= 11 is 0. The first-order chi connectivity index (χ1) is 10.9. The molecule has 23 heavy (non-hydrogen) atoms. The van der Waals surface area contributed by atoms with E-state index in [4.69, 9.17) is 4.74 Å². The van der Waals surface area contributed by atoms with Gasteiger partial charge in [-0.1, -0.05) is 51.1 Å². The SMILES string of the molecule is CC(C)(C)c1ccccc1NC(=O)COc1cccc(C=O)c1. The first-order valence-corrected chi connectivity index (χ1v) is 7.47. The molecule has 0 unspecified atom stereocenters. The number of carbonyl (C=O) groups excluding carboxylic acids is 2. The fourth-order valence-electron chi connectivity index (χ4n) is 2.26. The number of anilines is 1. The van der Waals surface area contributed by atoms with E-state index in [1.54, 1.807) is 24.3 Å². The first-order valence-electron chi connectivity index (χ1n) is 7.47. The predicted molar refractivity (Wildman–Crippen MR) is 91.1 cm³/mol. The summed E-state index contributed by atoms with van der Waals surface area (Å²) in [5.41, 5.74) is 2.30. The van der Waals surface area contributed by atoms with Crippen LogP contribution in [0.4, 0.5) is 5.69 Å². The molecule has 120 valence electrons. The van der Waals surface area contributed by atoms with Crippen LogP contribution in [-0.2, 0) is 10.2 Å². The average Bonchev–Trinajstić information content (AvgIpc) is 2.52. The predicted octanol–water partition coefficient (Wildman–Crippen LogP) is 3.81. The molecular weight excluding hydrogens is 290 g/mol. The largest absolute Gasteiger partial charge is 0.484 e. The van der Waals surface area contributed by atoms with Gasteiger partial charge in [0.1, 0.15) is 12.0 Å². The number of benzene rings is 2.